The molecule has 3 rings (SSSR count). The van der Waals surface area contributed by atoms with Gasteiger partial charge in [0.25, 0.3) is 0 Å². The predicted molar refractivity (Wildman–Crippen MR) is 95.4 cm³/mol. The van der Waals surface area contributed by atoms with Crippen LogP contribution in [-0.2, 0) is 14.3 Å². The second-order valence-corrected chi connectivity index (χ2v) is 6.37. The second kappa shape index (κ2) is 8.12. The van der Waals surface area contributed by atoms with Crippen molar-refractivity contribution in [2.24, 2.45) is 11.1 Å². The van der Waals surface area contributed by atoms with Gasteiger partial charge in [0.2, 0.25) is 11.8 Å². The van der Waals surface area contributed by atoms with Crippen LogP contribution in [0.1, 0.15) is 25.7 Å². The van der Waals surface area contributed by atoms with Crippen LogP contribution >= 0.6 is 12.4 Å². The van der Waals surface area contributed by atoms with E-state index < -0.39 is 11.2 Å². The van der Waals surface area contributed by atoms with E-state index in [4.69, 9.17) is 10.5 Å². The van der Waals surface area contributed by atoms with Crippen LogP contribution < -0.4 is 16.0 Å². The van der Waals surface area contributed by atoms with Crippen LogP contribution in [0.5, 0.6) is 0 Å². The second-order valence-electron chi connectivity index (χ2n) is 6.37. The molecule has 0 aliphatic carbocycles. The zero-order chi connectivity index (χ0) is 17.2. The molecule has 2 fully saturated rings. The van der Waals surface area contributed by atoms with Crippen LogP contribution in [0.15, 0.2) is 18.2 Å². The van der Waals surface area contributed by atoms with Gasteiger partial charge >= 0.3 is 0 Å². The Kier molecular flexibility index (Phi) is 6.37. The van der Waals surface area contributed by atoms with Crippen LogP contribution in [0.3, 0.4) is 0 Å². The molecule has 138 valence electrons. The Morgan fingerprint density at radius 2 is 2.08 bits per heavy atom. The number of halogens is 2. The normalized spacial score (nSPS) is 19.4. The average molecular weight is 372 g/mol. The van der Waals surface area contributed by atoms with Gasteiger partial charge in [-0.25, -0.2) is 4.39 Å². The van der Waals surface area contributed by atoms with E-state index in [0.717, 1.165) is 6.42 Å². The summed E-state index contributed by atoms with van der Waals surface area (Å²) < 4.78 is 19.7. The summed E-state index contributed by atoms with van der Waals surface area (Å²) in [5.74, 6) is -0.801. The average Bonchev–Trinajstić information content (AvgIpc) is 3.01. The number of benzene rings is 1. The van der Waals surface area contributed by atoms with Crippen molar-refractivity contribution < 1.29 is 18.7 Å². The predicted octanol–water partition coefficient (Wildman–Crippen LogP) is 2.07. The zero-order valence-electron chi connectivity index (χ0n) is 13.9. The fraction of sp³-hybridized carbons (Fsp3) is 0.529. The molecular weight excluding hydrogens is 349 g/mol. The van der Waals surface area contributed by atoms with Gasteiger partial charge < -0.3 is 20.7 Å². The maximum atomic E-state index is 14.4. The van der Waals surface area contributed by atoms with Crippen molar-refractivity contribution in [2.45, 2.75) is 25.7 Å². The van der Waals surface area contributed by atoms with Gasteiger partial charge in [0.15, 0.2) is 0 Å². The third-order valence-corrected chi connectivity index (χ3v) is 4.89. The maximum Gasteiger partial charge on any atom is 0.232 e. The summed E-state index contributed by atoms with van der Waals surface area (Å²) in [5, 5.41) is 2.76. The van der Waals surface area contributed by atoms with Gasteiger partial charge in [-0.2, -0.15) is 0 Å². The van der Waals surface area contributed by atoms with Crippen LogP contribution in [-0.4, -0.2) is 38.1 Å². The Morgan fingerprint density at radius 1 is 1.36 bits per heavy atom. The molecule has 2 aliphatic heterocycles. The summed E-state index contributed by atoms with van der Waals surface area (Å²) in [5.41, 5.74) is 5.77. The highest BCUT2D eigenvalue weighted by Gasteiger charge is 2.38. The summed E-state index contributed by atoms with van der Waals surface area (Å²) in [7, 11) is 0. The van der Waals surface area contributed by atoms with Crippen molar-refractivity contribution in [1.82, 2.24) is 0 Å². The monoisotopic (exact) mass is 371 g/mol. The van der Waals surface area contributed by atoms with E-state index in [1.807, 2.05) is 0 Å². The fourth-order valence-electron chi connectivity index (χ4n) is 3.26. The van der Waals surface area contributed by atoms with Gasteiger partial charge in [-0.3, -0.25) is 9.59 Å². The zero-order valence-corrected chi connectivity index (χ0v) is 14.7. The number of ether oxygens (including phenoxy) is 1. The van der Waals surface area contributed by atoms with Crippen molar-refractivity contribution in [3.63, 3.8) is 0 Å². The summed E-state index contributed by atoms with van der Waals surface area (Å²) in [6.45, 7) is 1.74. The van der Waals surface area contributed by atoms with Crippen LogP contribution in [0.4, 0.5) is 15.8 Å². The van der Waals surface area contributed by atoms with Gasteiger partial charge in [-0.15, -0.1) is 12.4 Å². The van der Waals surface area contributed by atoms with Crippen molar-refractivity contribution in [3.05, 3.63) is 24.0 Å². The van der Waals surface area contributed by atoms with E-state index >= 15 is 0 Å². The Labute approximate surface area is 152 Å². The number of amides is 2. The van der Waals surface area contributed by atoms with E-state index in [0.29, 0.717) is 44.7 Å². The molecule has 0 aromatic heterocycles. The number of nitrogens with zero attached hydrogens (tertiary/aromatic N) is 1. The first kappa shape index (κ1) is 19.6. The number of rotatable bonds is 4. The van der Waals surface area contributed by atoms with Crippen molar-refractivity contribution in [1.29, 1.82) is 0 Å². The Morgan fingerprint density at radius 3 is 2.64 bits per heavy atom. The topological polar surface area (TPSA) is 84.7 Å². The van der Waals surface area contributed by atoms with Gasteiger partial charge in [-0.1, -0.05) is 0 Å². The smallest absolute Gasteiger partial charge is 0.232 e. The standard InChI is InChI=1S/C17H22FN3O3.ClH/c18-13-10-12(3-4-14(13)21-7-1-2-15(21)22)20-16(23)17(11-19)5-8-24-9-6-17;/h3-4,10H,1-2,5-9,11,19H2,(H,20,23);1H. The molecule has 6 nitrogen and oxygen atoms in total. The minimum Gasteiger partial charge on any atom is -0.381 e. The summed E-state index contributed by atoms with van der Waals surface area (Å²) in [6.07, 6.45) is 2.28. The Bertz CT molecular complexity index is 650. The lowest BCUT2D eigenvalue weighted by atomic mass is 9.79. The number of anilines is 2. The quantitative estimate of drug-likeness (QED) is 0.848. The highest BCUT2D eigenvalue weighted by Crippen LogP contribution is 2.32. The highest BCUT2D eigenvalue weighted by molar-refractivity contribution is 5.97. The lowest BCUT2D eigenvalue weighted by Crippen LogP contribution is -2.46. The maximum absolute atomic E-state index is 14.4. The van der Waals surface area contributed by atoms with Crippen molar-refractivity contribution in [2.75, 3.05) is 36.5 Å². The number of hydrogen-bond acceptors (Lipinski definition) is 4. The van der Waals surface area contributed by atoms with Crippen molar-refractivity contribution >= 4 is 35.6 Å². The van der Waals surface area contributed by atoms with Gasteiger partial charge in [0, 0.05) is 38.4 Å². The summed E-state index contributed by atoms with van der Waals surface area (Å²) in [6, 6.07) is 4.40. The van der Waals surface area contributed by atoms with Crippen LogP contribution in [0.25, 0.3) is 0 Å². The SMILES string of the molecule is Cl.NCC1(C(=O)Nc2ccc(N3CCCC3=O)c(F)c2)CCOCC1. The molecule has 25 heavy (non-hydrogen) atoms. The lowest BCUT2D eigenvalue weighted by molar-refractivity contribution is -0.130. The first-order chi connectivity index (χ1) is 11.6. The van der Waals surface area contributed by atoms with Crippen molar-refractivity contribution in [3.8, 4) is 0 Å². The summed E-state index contributed by atoms with van der Waals surface area (Å²) >= 11 is 0. The number of nitrogens with one attached hydrogen (secondary N) is 1. The molecule has 0 spiro atoms. The highest BCUT2D eigenvalue weighted by atomic mass is 35.5. The van der Waals surface area contributed by atoms with Gasteiger partial charge in [0.05, 0.1) is 11.1 Å². The molecule has 2 heterocycles. The molecule has 3 N–H and O–H groups in total. The molecule has 0 atom stereocenters. The molecule has 1 aromatic rings. The van der Waals surface area contributed by atoms with Gasteiger partial charge in [-0.05, 0) is 37.5 Å². The minimum atomic E-state index is -0.668. The molecule has 8 heteroatoms. The minimum absolute atomic E-state index is 0. The van der Waals surface area contributed by atoms with E-state index in [9.17, 15) is 14.0 Å². The Balaban J connectivity index is 0.00000225. The number of carbonyl (C=O) groups is 2. The van der Waals surface area contributed by atoms with E-state index in [-0.39, 0.29) is 36.5 Å². The first-order valence-electron chi connectivity index (χ1n) is 8.25. The summed E-state index contributed by atoms with van der Waals surface area (Å²) in [4.78, 5) is 25.8. The molecule has 0 radical (unpaired) electrons. The Hall–Kier alpha value is -1.70. The third-order valence-electron chi connectivity index (χ3n) is 4.89. The van der Waals surface area contributed by atoms with Gasteiger partial charge in [0.1, 0.15) is 5.82 Å². The number of carbonyl (C=O) groups excluding carboxylic acids is 2. The largest absolute Gasteiger partial charge is 0.381 e. The van der Waals surface area contributed by atoms with E-state index in [1.54, 1.807) is 6.07 Å². The lowest BCUT2D eigenvalue weighted by Gasteiger charge is -2.34. The molecule has 2 aliphatic rings. The van der Waals surface area contributed by atoms with Crippen LogP contribution in [0.2, 0.25) is 0 Å². The van der Waals surface area contributed by atoms with E-state index in [1.165, 1.54) is 17.0 Å². The van der Waals surface area contributed by atoms with E-state index in [2.05, 4.69) is 5.32 Å². The molecule has 0 saturated carbocycles. The number of hydrogen-bond donors (Lipinski definition) is 2. The molecule has 2 amide bonds. The molecule has 1 aromatic carbocycles. The third kappa shape index (κ3) is 3.94. The first-order valence-corrected chi connectivity index (χ1v) is 8.25. The fourth-order valence-corrected chi connectivity index (χ4v) is 3.26. The molecule has 0 bridgehead atoms. The molecule has 0 unspecified atom stereocenters. The number of nitrogens with two attached hydrogens (primary N) is 1. The molecular formula is C17H23ClFN3O3. The molecule has 2 saturated heterocycles. The van der Waals surface area contributed by atoms with Crippen LogP contribution in [0, 0.1) is 11.2 Å².